The molecule has 0 bridgehead atoms. The van der Waals surface area contributed by atoms with Crippen molar-refractivity contribution in [3.05, 3.63) is 218 Å². The van der Waals surface area contributed by atoms with Gasteiger partial charge in [-0.1, -0.05) is 170 Å². The van der Waals surface area contributed by atoms with Crippen molar-refractivity contribution in [3.8, 4) is 73.2 Å². The predicted molar refractivity (Wildman–Crippen MR) is 244 cm³/mol. The highest BCUT2D eigenvalue weighted by Gasteiger charge is 2.19. The van der Waals surface area contributed by atoms with Crippen LogP contribution in [0.2, 0.25) is 0 Å². The number of nitrogens with zero attached hydrogens (tertiary/aromatic N) is 4. The topological polar surface area (TPSA) is 43.6 Å². The van der Waals surface area contributed by atoms with Gasteiger partial charge in [0.05, 0.1) is 11.0 Å². The van der Waals surface area contributed by atoms with Gasteiger partial charge in [-0.3, -0.25) is 4.57 Å². The largest absolute Gasteiger partial charge is 0.278 e. The molecule has 0 aliphatic carbocycles. The van der Waals surface area contributed by atoms with Crippen molar-refractivity contribution in [2.45, 2.75) is 0 Å². The normalized spacial score (nSPS) is 11.4. The number of hydrogen-bond donors (Lipinski definition) is 0. The number of benzene rings is 9. The van der Waals surface area contributed by atoms with Gasteiger partial charge in [0.2, 0.25) is 5.95 Å². The minimum Gasteiger partial charge on any atom is -0.278 e. The van der Waals surface area contributed by atoms with Crippen LogP contribution in [-0.4, -0.2) is 19.5 Å². The van der Waals surface area contributed by atoms with Gasteiger partial charge in [0, 0.05) is 21.9 Å². The standard InChI is InChI=1S/C55H35FN4/c56-45-30-27-37(28-31-45)46-24-11-17-38-18-12-25-47(52(38)46)43-21-10-22-44(34-43)54-57-53(39-15-5-2-6-16-39)58-55(59-54)60-50-26-8-7-23-48(50)49-35-42(29-32-51(49)60)41-20-9-19-40(33-41)36-13-3-1-4-14-36/h1-35H. The van der Waals surface area contributed by atoms with Crippen LogP contribution < -0.4 is 0 Å². The molecule has 0 radical (unpaired) electrons. The average Bonchev–Trinajstić information content (AvgIpc) is 3.66. The number of hydrogen-bond acceptors (Lipinski definition) is 3. The number of fused-ring (bicyclic) bond motifs is 4. The first-order valence-corrected chi connectivity index (χ1v) is 20.0. The van der Waals surface area contributed by atoms with Crippen molar-refractivity contribution >= 4 is 32.6 Å². The molecule has 9 aromatic carbocycles. The first-order chi connectivity index (χ1) is 29.6. The van der Waals surface area contributed by atoms with Crippen molar-refractivity contribution < 1.29 is 4.39 Å². The molecular formula is C55H35FN4. The van der Waals surface area contributed by atoms with Gasteiger partial charge in [-0.2, -0.15) is 9.97 Å². The SMILES string of the molecule is Fc1ccc(-c2cccc3cccc(-c4cccc(-c5nc(-c6ccccc6)nc(-n6c7ccccc7c7cc(-c8cccc(-c9ccccc9)c8)ccc76)n5)c4)c23)cc1. The molecule has 60 heavy (non-hydrogen) atoms. The van der Waals surface area contributed by atoms with Crippen LogP contribution >= 0.6 is 0 Å². The molecule has 0 aliphatic heterocycles. The van der Waals surface area contributed by atoms with Gasteiger partial charge in [0.1, 0.15) is 5.82 Å². The second kappa shape index (κ2) is 14.7. The van der Waals surface area contributed by atoms with Gasteiger partial charge in [0.15, 0.2) is 11.6 Å². The first-order valence-electron chi connectivity index (χ1n) is 20.0. The van der Waals surface area contributed by atoms with E-state index >= 15 is 0 Å². The molecule has 0 unspecified atom stereocenters. The van der Waals surface area contributed by atoms with E-state index in [-0.39, 0.29) is 5.82 Å². The Bertz CT molecular complexity index is 3370. The maximum atomic E-state index is 14.0. The lowest BCUT2D eigenvalue weighted by Crippen LogP contribution is -2.06. The highest BCUT2D eigenvalue weighted by atomic mass is 19.1. The lowest BCUT2D eigenvalue weighted by atomic mass is 9.91. The fraction of sp³-hybridized carbons (Fsp3) is 0. The van der Waals surface area contributed by atoms with E-state index < -0.39 is 0 Å². The van der Waals surface area contributed by atoms with Crippen LogP contribution in [0.25, 0.3) is 106 Å². The Balaban J connectivity index is 1.08. The quantitative estimate of drug-likeness (QED) is 0.162. The maximum Gasteiger partial charge on any atom is 0.238 e. The van der Waals surface area contributed by atoms with E-state index in [1.807, 2.05) is 48.5 Å². The van der Waals surface area contributed by atoms with E-state index in [0.29, 0.717) is 17.6 Å². The molecule has 0 spiro atoms. The minimum absolute atomic E-state index is 0.256. The van der Waals surface area contributed by atoms with Crippen molar-refractivity contribution in [1.82, 2.24) is 19.5 Å². The van der Waals surface area contributed by atoms with Gasteiger partial charge in [-0.15, -0.1) is 0 Å². The third kappa shape index (κ3) is 6.30. The molecule has 2 aromatic heterocycles. The average molecular weight is 771 g/mol. The van der Waals surface area contributed by atoms with E-state index in [0.717, 1.165) is 77.1 Å². The maximum absolute atomic E-state index is 14.0. The zero-order chi connectivity index (χ0) is 40.0. The fourth-order valence-corrected chi connectivity index (χ4v) is 8.46. The number of aromatic nitrogens is 4. The molecule has 0 atom stereocenters. The molecule has 0 amide bonds. The summed E-state index contributed by atoms with van der Waals surface area (Å²) in [5.41, 5.74) is 12.5. The van der Waals surface area contributed by atoms with Crippen LogP contribution in [0.4, 0.5) is 4.39 Å². The third-order valence-corrected chi connectivity index (χ3v) is 11.3. The summed E-state index contributed by atoms with van der Waals surface area (Å²) in [6.45, 7) is 0. The first kappa shape index (κ1) is 35.2. The van der Waals surface area contributed by atoms with Crippen LogP contribution in [-0.2, 0) is 0 Å². The molecule has 282 valence electrons. The van der Waals surface area contributed by atoms with Gasteiger partial charge in [-0.25, -0.2) is 9.37 Å². The van der Waals surface area contributed by atoms with E-state index in [2.05, 4.69) is 156 Å². The molecule has 2 heterocycles. The van der Waals surface area contributed by atoms with E-state index in [4.69, 9.17) is 15.0 Å². The van der Waals surface area contributed by atoms with Crippen molar-refractivity contribution in [2.75, 3.05) is 0 Å². The Labute approximate surface area is 346 Å². The Hall–Kier alpha value is -8.02. The second-order valence-corrected chi connectivity index (χ2v) is 15.0. The van der Waals surface area contributed by atoms with Gasteiger partial charge < -0.3 is 0 Å². The van der Waals surface area contributed by atoms with Crippen LogP contribution in [0.1, 0.15) is 0 Å². The molecular weight excluding hydrogens is 736 g/mol. The zero-order valence-electron chi connectivity index (χ0n) is 32.4. The molecule has 0 N–H and O–H groups in total. The third-order valence-electron chi connectivity index (χ3n) is 11.3. The van der Waals surface area contributed by atoms with Crippen molar-refractivity contribution in [3.63, 3.8) is 0 Å². The van der Waals surface area contributed by atoms with E-state index in [1.54, 1.807) is 0 Å². The summed E-state index contributed by atoms with van der Waals surface area (Å²) in [5, 5.41) is 4.44. The van der Waals surface area contributed by atoms with Crippen LogP contribution in [0.15, 0.2) is 212 Å². The van der Waals surface area contributed by atoms with Crippen molar-refractivity contribution in [1.29, 1.82) is 0 Å². The van der Waals surface area contributed by atoms with E-state index in [1.165, 1.54) is 23.3 Å². The Morgan fingerprint density at radius 3 is 1.60 bits per heavy atom. The molecule has 4 nitrogen and oxygen atoms in total. The molecule has 0 fully saturated rings. The van der Waals surface area contributed by atoms with Gasteiger partial charge >= 0.3 is 0 Å². The summed E-state index contributed by atoms with van der Waals surface area (Å²) in [6, 6.07) is 72.2. The Kier molecular flexibility index (Phi) is 8.63. The Morgan fingerprint density at radius 1 is 0.333 bits per heavy atom. The molecule has 5 heteroatoms. The molecule has 11 aromatic rings. The summed E-state index contributed by atoms with van der Waals surface area (Å²) in [6.07, 6.45) is 0. The van der Waals surface area contributed by atoms with Crippen molar-refractivity contribution in [2.24, 2.45) is 0 Å². The molecule has 0 saturated carbocycles. The lowest BCUT2D eigenvalue weighted by molar-refractivity contribution is 0.628. The Morgan fingerprint density at radius 2 is 0.850 bits per heavy atom. The summed E-state index contributed by atoms with van der Waals surface area (Å²) in [5.74, 6) is 1.44. The van der Waals surface area contributed by atoms with Crippen LogP contribution in [0.5, 0.6) is 0 Å². The zero-order valence-corrected chi connectivity index (χ0v) is 32.4. The molecule has 0 saturated heterocycles. The summed E-state index contributed by atoms with van der Waals surface area (Å²) in [7, 11) is 0. The molecule has 11 rings (SSSR count). The van der Waals surface area contributed by atoms with Crippen LogP contribution in [0.3, 0.4) is 0 Å². The fourth-order valence-electron chi connectivity index (χ4n) is 8.46. The highest BCUT2D eigenvalue weighted by Crippen LogP contribution is 2.39. The highest BCUT2D eigenvalue weighted by molar-refractivity contribution is 6.10. The number of para-hydroxylation sites is 1. The summed E-state index contributed by atoms with van der Waals surface area (Å²) >= 11 is 0. The monoisotopic (exact) mass is 770 g/mol. The van der Waals surface area contributed by atoms with Crippen LogP contribution in [0, 0.1) is 5.82 Å². The minimum atomic E-state index is -0.256. The van der Waals surface area contributed by atoms with Gasteiger partial charge in [0.25, 0.3) is 0 Å². The predicted octanol–water partition coefficient (Wildman–Crippen LogP) is 14.3. The second-order valence-electron chi connectivity index (χ2n) is 15.0. The summed E-state index contributed by atoms with van der Waals surface area (Å²) < 4.78 is 16.2. The van der Waals surface area contributed by atoms with Gasteiger partial charge in [-0.05, 0) is 97.7 Å². The smallest absolute Gasteiger partial charge is 0.238 e. The number of halogens is 1. The number of rotatable bonds is 7. The summed E-state index contributed by atoms with van der Waals surface area (Å²) in [4.78, 5) is 15.6. The lowest BCUT2D eigenvalue weighted by Gasteiger charge is -2.14. The van der Waals surface area contributed by atoms with E-state index in [9.17, 15) is 4.39 Å². The molecule has 0 aliphatic rings.